The van der Waals surface area contributed by atoms with Crippen LogP contribution in [0.4, 0.5) is 5.69 Å². The summed E-state index contributed by atoms with van der Waals surface area (Å²) in [6, 6.07) is 10.1. The van der Waals surface area contributed by atoms with E-state index in [0.717, 1.165) is 42.2 Å². The van der Waals surface area contributed by atoms with Crippen molar-refractivity contribution < 1.29 is 14.3 Å². The molecule has 0 unspecified atom stereocenters. The number of esters is 1. The molecule has 0 aliphatic carbocycles. The quantitative estimate of drug-likeness (QED) is 0.705. The van der Waals surface area contributed by atoms with E-state index in [1.807, 2.05) is 56.5 Å². The van der Waals surface area contributed by atoms with Crippen molar-refractivity contribution >= 4 is 28.9 Å². The number of thiazole rings is 1. The van der Waals surface area contributed by atoms with Crippen LogP contribution in [0.5, 0.6) is 0 Å². The van der Waals surface area contributed by atoms with E-state index in [-0.39, 0.29) is 30.3 Å². The number of nitrogens with zero attached hydrogens (tertiary/aromatic N) is 2. The molecule has 1 aromatic carbocycles. The van der Waals surface area contributed by atoms with Crippen molar-refractivity contribution in [1.29, 1.82) is 0 Å². The van der Waals surface area contributed by atoms with Gasteiger partial charge in [0, 0.05) is 29.7 Å². The molecule has 2 aliphatic heterocycles. The molecule has 1 aromatic heterocycles. The van der Waals surface area contributed by atoms with Gasteiger partial charge in [0.25, 0.3) is 0 Å². The molecule has 2 bridgehead atoms. The molecule has 7 heteroatoms. The molecule has 30 heavy (non-hydrogen) atoms. The number of amides is 1. The molecule has 0 radical (unpaired) electrons. The number of rotatable bonds is 6. The monoisotopic (exact) mass is 427 g/mol. The van der Waals surface area contributed by atoms with Gasteiger partial charge in [-0.3, -0.25) is 14.5 Å². The Balaban J connectivity index is 1.34. The zero-order valence-electron chi connectivity index (χ0n) is 17.8. The average molecular weight is 428 g/mol. The Morgan fingerprint density at radius 1 is 1.23 bits per heavy atom. The van der Waals surface area contributed by atoms with E-state index in [9.17, 15) is 9.59 Å². The SMILES string of the molecule is CC(C)(C)OC(=O)[C@@H]1C[C@H]2CC[C@H]1N2Cc1csc(CC(=O)Nc2ccccc2)n1. The topological polar surface area (TPSA) is 71.5 Å². The van der Waals surface area contributed by atoms with Gasteiger partial charge < -0.3 is 10.1 Å². The first kappa shape index (κ1) is 21.0. The fraction of sp³-hybridized carbons (Fsp3) is 0.522. The Labute approximate surface area is 181 Å². The van der Waals surface area contributed by atoms with Crippen molar-refractivity contribution in [1.82, 2.24) is 9.88 Å². The van der Waals surface area contributed by atoms with Crippen LogP contribution in [-0.2, 0) is 27.3 Å². The third-order valence-corrected chi connectivity index (χ3v) is 6.60. The fourth-order valence-corrected chi connectivity index (χ4v) is 5.32. The summed E-state index contributed by atoms with van der Waals surface area (Å²) in [7, 11) is 0. The molecule has 3 heterocycles. The lowest BCUT2D eigenvalue weighted by Gasteiger charge is -2.26. The van der Waals surface area contributed by atoms with Crippen molar-refractivity contribution in [2.24, 2.45) is 5.92 Å². The van der Waals surface area contributed by atoms with Crippen LogP contribution >= 0.6 is 11.3 Å². The van der Waals surface area contributed by atoms with Gasteiger partial charge >= 0.3 is 5.97 Å². The van der Waals surface area contributed by atoms with E-state index in [4.69, 9.17) is 4.74 Å². The molecular weight excluding hydrogens is 398 g/mol. The number of hydrogen-bond acceptors (Lipinski definition) is 6. The predicted molar refractivity (Wildman–Crippen MR) is 117 cm³/mol. The van der Waals surface area contributed by atoms with Gasteiger partial charge in [-0.05, 0) is 52.2 Å². The Hall–Kier alpha value is -2.25. The third kappa shape index (κ3) is 4.90. The lowest BCUT2D eigenvalue weighted by Crippen LogP contribution is -2.36. The van der Waals surface area contributed by atoms with Gasteiger partial charge in [-0.1, -0.05) is 18.2 Å². The molecule has 3 atom stereocenters. The molecule has 4 rings (SSSR count). The lowest BCUT2D eigenvalue weighted by molar-refractivity contribution is -0.161. The minimum Gasteiger partial charge on any atom is -0.460 e. The van der Waals surface area contributed by atoms with Crippen LogP contribution in [0.2, 0.25) is 0 Å². The number of aromatic nitrogens is 1. The molecule has 0 spiro atoms. The molecule has 2 fully saturated rings. The summed E-state index contributed by atoms with van der Waals surface area (Å²) in [5, 5.41) is 5.75. The van der Waals surface area contributed by atoms with Crippen LogP contribution in [0.25, 0.3) is 0 Å². The average Bonchev–Trinajstić information content (AvgIpc) is 3.37. The normalized spacial score (nSPS) is 23.5. The largest absolute Gasteiger partial charge is 0.460 e. The Kier molecular flexibility index (Phi) is 5.93. The smallest absolute Gasteiger partial charge is 0.311 e. The summed E-state index contributed by atoms with van der Waals surface area (Å²) in [5.41, 5.74) is 1.32. The summed E-state index contributed by atoms with van der Waals surface area (Å²) in [6.45, 7) is 6.48. The number of nitrogens with one attached hydrogen (secondary N) is 1. The second kappa shape index (κ2) is 8.47. The number of carbonyl (C=O) groups excluding carboxylic acids is 2. The highest BCUT2D eigenvalue weighted by Gasteiger charge is 2.50. The van der Waals surface area contributed by atoms with E-state index in [0.29, 0.717) is 6.04 Å². The minimum atomic E-state index is -0.451. The molecule has 2 saturated heterocycles. The number of carbonyl (C=O) groups is 2. The second-order valence-electron chi connectivity index (χ2n) is 9.17. The molecule has 2 aliphatic rings. The van der Waals surface area contributed by atoms with Crippen LogP contribution in [0.15, 0.2) is 35.7 Å². The minimum absolute atomic E-state index is 0.0438. The summed E-state index contributed by atoms with van der Waals surface area (Å²) in [6.07, 6.45) is 3.30. The van der Waals surface area contributed by atoms with Crippen LogP contribution in [-0.4, -0.2) is 39.4 Å². The van der Waals surface area contributed by atoms with Crippen molar-refractivity contribution in [3.05, 3.63) is 46.4 Å². The van der Waals surface area contributed by atoms with Crippen LogP contribution < -0.4 is 5.32 Å². The molecule has 1 amide bonds. The standard InChI is InChI=1S/C23H29N3O3S/c1-23(2,3)29-22(28)18-11-17-9-10-19(18)26(17)13-16-14-30-21(25-16)12-20(27)24-15-7-5-4-6-8-15/h4-8,14,17-19H,9-13H2,1-3H3,(H,24,27)/t17-,18-,19-/m1/s1. The summed E-state index contributed by atoms with van der Waals surface area (Å²) in [5.74, 6) is -0.178. The highest BCUT2D eigenvalue weighted by Crippen LogP contribution is 2.43. The second-order valence-corrected chi connectivity index (χ2v) is 10.1. The number of hydrogen-bond donors (Lipinski definition) is 1. The molecule has 0 saturated carbocycles. The van der Waals surface area contributed by atoms with Crippen LogP contribution in [0, 0.1) is 5.92 Å². The number of para-hydroxylation sites is 1. The fourth-order valence-electron chi connectivity index (χ4n) is 4.53. The highest BCUT2D eigenvalue weighted by atomic mass is 32.1. The van der Waals surface area contributed by atoms with E-state index < -0.39 is 5.60 Å². The Morgan fingerprint density at radius 2 is 2.00 bits per heavy atom. The van der Waals surface area contributed by atoms with Gasteiger partial charge in [0.05, 0.1) is 18.0 Å². The lowest BCUT2D eigenvalue weighted by atomic mass is 9.89. The van der Waals surface area contributed by atoms with Crippen molar-refractivity contribution in [2.45, 2.75) is 70.7 Å². The summed E-state index contributed by atoms with van der Waals surface area (Å²) >= 11 is 1.52. The van der Waals surface area contributed by atoms with E-state index in [1.165, 1.54) is 11.3 Å². The number of ether oxygens (including phenoxy) is 1. The van der Waals surface area contributed by atoms with Gasteiger partial charge in [0.1, 0.15) is 10.6 Å². The summed E-state index contributed by atoms with van der Waals surface area (Å²) < 4.78 is 5.65. The van der Waals surface area contributed by atoms with Gasteiger partial charge in [0.2, 0.25) is 5.91 Å². The van der Waals surface area contributed by atoms with Crippen molar-refractivity contribution in [2.75, 3.05) is 5.32 Å². The Bertz CT molecular complexity index is 906. The van der Waals surface area contributed by atoms with Crippen molar-refractivity contribution in [3.8, 4) is 0 Å². The first-order chi connectivity index (χ1) is 14.3. The maximum absolute atomic E-state index is 12.6. The molecule has 160 valence electrons. The van der Waals surface area contributed by atoms with Crippen molar-refractivity contribution in [3.63, 3.8) is 0 Å². The highest BCUT2D eigenvalue weighted by molar-refractivity contribution is 7.09. The van der Waals surface area contributed by atoms with Gasteiger partial charge in [0.15, 0.2) is 0 Å². The first-order valence-corrected chi connectivity index (χ1v) is 11.4. The zero-order valence-corrected chi connectivity index (χ0v) is 18.6. The van der Waals surface area contributed by atoms with Crippen LogP contribution in [0.1, 0.15) is 50.7 Å². The molecule has 2 aromatic rings. The van der Waals surface area contributed by atoms with Gasteiger partial charge in [-0.2, -0.15) is 0 Å². The number of benzene rings is 1. The molecule has 6 nitrogen and oxygen atoms in total. The molecular formula is C23H29N3O3S. The maximum atomic E-state index is 12.6. The zero-order chi connectivity index (χ0) is 21.3. The predicted octanol–water partition coefficient (Wildman–Crippen LogP) is 4.02. The van der Waals surface area contributed by atoms with Gasteiger partial charge in [-0.15, -0.1) is 11.3 Å². The van der Waals surface area contributed by atoms with E-state index in [1.54, 1.807) is 0 Å². The molecule has 1 N–H and O–H groups in total. The number of fused-ring (bicyclic) bond motifs is 2. The summed E-state index contributed by atoms with van der Waals surface area (Å²) in [4.78, 5) is 32.0. The Morgan fingerprint density at radius 3 is 2.73 bits per heavy atom. The van der Waals surface area contributed by atoms with Gasteiger partial charge in [-0.25, -0.2) is 4.98 Å². The van der Waals surface area contributed by atoms with Crippen LogP contribution in [0.3, 0.4) is 0 Å². The maximum Gasteiger partial charge on any atom is 0.311 e. The van der Waals surface area contributed by atoms with E-state index >= 15 is 0 Å². The van der Waals surface area contributed by atoms with E-state index in [2.05, 4.69) is 15.2 Å². The number of anilines is 1. The first-order valence-electron chi connectivity index (χ1n) is 10.6. The third-order valence-electron chi connectivity index (χ3n) is 5.70.